The number of hydrogen-bond donors (Lipinski definition) is 8. The van der Waals surface area contributed by atoms with Crippen LogP contribution in [0.2, 0.25) is 0 Å². The summed E-state index contributed by atoms with van der Waals surface area (Å²) >= 11 is 0. The average Bonchev–Trinajstić information content (AvgIpc) is 1.28. The Morgan fingerprint density at radius 3 is 1.12 bits per heavy atom. The Kier molecular flexibility index (Phi) is 21.9. The Bertz CT molecular complexity index is 8120. The second kappa shape index (κ2) is 34.8. The summed E-state index contributed by atoms with van der Waals surface area (Å²) in [5, 5.41) is 69.3. The predicted octanol–water partition coefficient (Wildman–Crippen LogP) is 23.9. The van der Waals surface area contributed by atoms with Gasteiger partial charge in [-0.1, -0.05) is 148 Å². The van der Waals surface area contributed by atoms with Gasteiger partial charge in [0.15, 0.2) is 11.2 Å². The number of H-pyrrole nitrogens is 4. The fourth-order valence-electron chi connectivity index (χ4n) is 21.0. The molecule has 8 N–H and O–H groups in total. The standard InChI is InChI=1S/C30H25N5O2.C29H24N4O3.C29H27N3O2.C26H28N4O2/c1-17-27(18(2)37-35-17)21-14-23(28-25(15-21)33-29(34-28)20-8-9-20)30(36,26-7-3-4-12-32-26)22-11-10-19-6-5-13-31-24(19)16-22;1-16-26(17(2)36-33-16)20-13-21(27-22(14-20)31-28(32-27)18-10-11-18)29(34,24-9-5-6-12-30-24)25-15-19-7-3-4-8-23(19)35-25;1-17-8-7-11-23(14-17)29(33,22-9-5-4-6-10-22)24-15-21(26-18(2)32-34-19(26)3)16-25-27(24)31-28(30-25)20-12-13-20;1-15-23(16(2)32-30-15)18-13-20(24-21(14-18)28-25(29-24)17-10-11-17)26(31,19-7-3-4-8-19)22-9-5-6-12-27-22/h3-7,10-16,20,36H,8-9H2,1-2H3,(H,33,34);3-9,12-15,18,34H,10-11H2,1-2H3,(H,31,32);4-11,14-16,20,33H,12-13H2,1-3H3,(H,30,31);5-6,9,12-14,17,19,31H,3-4,7-8,10-11H2,1-2H3,(H,28,29). The minimum absolute atomic E-state index is 0.0987. The highest BCUT2D eigenvalue weighted by molar-refractivity contribution is 5.93. The van der Waals surface area contributed by atoms with Gasteiger partial charge >= 0.3 is 0 Å². The first-order valence-electron chi connectivity index (χ1n) is 48.1. The normalized spacial score (nSPS) is 16.3. The average molecular weight is 1840 g/mol. The van der Waals surface area contributed by atoms with Crippen LogP contribution in [-0.2, 0) is 22.4 Å². The monoisotopic (exact) mass is 1840 g/mol. The van der Waals surface area contributed by atoms with E-state index in [4.69, 9.17) is 42.4 Å². The molecule has 5 aliphatic carbocycles. The zero-order valence-electron chi connectivity index (χ0n) is 78.7. The molecule has 5 saturated carbocycles. The third-order valence-electron chi connectivity index (χ3n) is 28.6. The van der Waals surface area contributed by atoms with Gasteiger partial charge in [0.25, 0.3) is 0 Å². The number of aliphatic hydroxyl groups is 4. The molecule has 4 unspecified atom stereocenters. The number of hydrogen-bond acceptors (Lipinski definition) is 21. The van der Waals surface area contributed by atoms with E-state index in [-0.39, 0.29) is 5.92 Å². The fourth-order valence-corrected chi connectivity index (χ4v) is 21.0. The van der Waals surface area contributed by atoms with Crippen molar-refractivity contribution >= 4 is 66.0 Å². The summed E-state index contributed by atoms with van der Waals surface area (Å²) in [5.74, 6) is 9.16. The van der Waals surface area contributed by atoms with E-state index in [2.05, 4.69) is 103 Å². The smallest absolute Gasteiger partial charge is 0.192 e. The lowest BCUT2D eigenvalue weighted by molar-refractivity contribution is 0.0160. The van der Waals surface area contributed by atoms with Gasteiger partial charge in [-0.05, 0) is 281 Å². The Hall–Kier alpha value is -15.3. The molecule has 25 heteroatoms. The first-order valence-corrected chi connectivity index (χ1v) is 48.1. The number of nitrogens with one attached hydrogen (secondary N) is 4. The van der Waals surface area contributed by atoms with E-state index in [1.165, 1.54) is 12.8 Å². The van der Waals surface area contributed by atoms with Gasteiger partial charge in [0.1, 0.15) is 68.9 Å². The molecule has 0 bridgehead atoms. The van der Waals surface area contributed by atoms with Crippen molar-refractivity contribution in [3.05, 3.63) is 380 Å². The number of nitrogens with zero attached hydrogens (tertiary/aromatic N) is 12. The highest BCUT2D eigenvalue weighted by atomic mass is 16.5. The molecule has 0 saturated heterocycles. The van der Waals surface area contributed by atoms with Crippen molar-refractivity contribution in [3.8, 4) is 44.5 Å². The summed E-state index contributed by atoms with van der Waals surface area (Å²) in [6.45, 7) is 17.5. The maximum atomic E-state index is 12.8. The van der Waals surface area contributed by atoms with Crippen LogP contribution in [0, 0.1) is 68.2 Å². The number of para-hydroxylation sites is 1. The van der Waals surface area contributed by atoms with Crippen LogP contribution in [0.4, 0.5) is 0 Å². The van der Waals surface area contributed by atoms with E-state index >= 15 is 0 Å². The molecule has 139 heavy (non-hydrogen) atoms. The number of rotatable bonds is 20. The number of aromatic amines is 4. The number of aromatic nitrogens is 16. The second-order valence-corrected chi connectivity index (χ2v) is 38.4. The van der Waals surface area contributed by atoms with E-state index in [9.17, 15) is 20.4 Å². The predicted molar refractivity (Wildman–Crippen MR) is 532 cm³/mol. The lowest BCUT2D eigenvalue weighted by Gasteiger charge is -2.34. The maximum Gasteiger partial charge on any atom is 0.192 e. The number of furan rings is 1. The summed E-state index contributed by atoms with van der Waals surface area (Å²) in [6.07, 6.45) is 20.2. The number of benzene rings is 8. The van der Waals surface area contributed by atoms with Crippen LogP contribution in [0.5, 0.6) is 0 Å². The van der Waals surface area contributed by atoms with Crippen LogP contribution in [0.25, 0.3) is 111 Å². The van der Waals surface area contributed by atoms with Crippen LogP contribution < -0.4 is 0 Å². The molecule has 13 aromatic heterocycles. The summed E-state index contributed by atoms with van der Waals surface area (Å²) in [4.78, 5) is 52.6. The van der Waals surface area contributed by atoms with Gasteiger partial charge in [-0.3, -0.25) is 19.9 Å². The van der Waals surface area contributed by atoms with Crippen LogP contribution in [-0.4, -0.2) is 101 Å². The third kappa shape index (κ3) is 15.8. The molecule has 21 aromatic rings. The molecule has 0 amide bonds. The Balaban J connectivity index is 0.000000104. The summed E-state index contributed by atoms with van der Waals surface area (Å²) in [5.41, 5.74) is 20.8. The molecule has 0 spiro atoms. The van der Waals surface area contributed by atoms with E-state index in [0.717, 1.165) is 255 Å². The van der Waals surface area contributed by atoms with Crippen molar-refractivity contribution in [2.45, 2.75) is 185 Å². The van der Waals surface area contributed by atoms with Gasteiger partial charge < -0.3 is 62.9 Å². The van der Waals surface area contributed by atoms with Crippen LogP contribution >= 0.6 is 0 Å². The van der Waals surface area contributed by atoms with Crippen molar-refractivity contribution in [1.82, 2.24) is 80.4 Å². The van der Waals surface area contributed by atoms with Crippen molar-refractivity contribution < 1.29 is 42.9 Å². The molecular formula is C114H104N16O9. The first kappa shape index (κ1) is 87.7. The van der Waals surface area contributed by atoms with Crippen molar-refractivity contribution in [1.29, 1.82) is 0 Å². The van der Waals surface area contributed by atoms with Crippen LogP contribution in [0.1, 0.15) is 237 Å². The summed E-state index contributed by atoms with van der Waals surface area (Å²) < 4.78 is 28.2. The van der Waals surface area contributed by atoms with E-state index in [0.29, 0.717) is 80.1 Å². The molecule has 694 valence electrons. The van der Waals surface area contributed by atoms with E-state index in [1.807, 2.05) is 238 Å². The minimum Gasteiger partial charge on any atom is -0.457 e. The molecule has 4 atom stereocenters. The number of pyridine rings is 4. The zero-order valence-corrected chi connectivity index (χ0v) is 78.7. The summed E-state index contributed by atoms with van der Waals surface area (Å²) in [7, 11) is 0. The molecule has 0 radical (unpaired) electrons. The van der Waals surface area contributed by atoms with Gasteiger partial charge in [0.2, 0.25) is 0 Å². The van der Waals surface area contributed by atoms with E-state index in [1.54, 1.807) is 24.8 Å². The Morgan fingerprint density at radius 1 is 0.309 bits per heavy atom. The second-order valence-electron chi connectivity index (χ2n) is 38.4. The van der Waals surface area contributed by atoms with Gasteiger partial charge in [-0.15, -0.1) is 0 Å². The molecule has 25 nitrogen and oxygen atoms in total. The Morgan fingerprint density at radius 2 is 0.691 bits per heavy atom. The molecule has 8 aromatic carbocycles. The van der Waals surface area contributed by atoms with Crippen molar-refractivity contribution in [2.75, 3.05) is 0 Å². The maximum absolute atomic E-state index is 12.8. The van der Waals surface area contributed by atoms with Crippen LogP contribution in [0.3, 0.4) is 0 Å². The van der Waals surface area contributed by atoms with Crippen molar-refractivity contribution in [2.24, 2.45) is 5.92 Å². The van der Waals surface area contributed by atoms with E-state index < -0.39 is 22.4 Å². The SMILES string of the molecule is Cc1cccc(C(O)(c2ccccc2)c2cc(-c3c(C)noc3C)cc3[nH]c(C4CC4)nc23)c1.Cc1noc(C)c1-c1cc(C(O)(c2ccc3cccnc3c2)c2ccccn2)c2nc(C3CC3)[nH]c2c1.Cc1noc(C)c1-c1cc(C(O)(c2ccccn2)C2CCCC2)c2nc(C3CC3)[nH]c2c1.Cc1noc(C)c1-c1cc(C(O)(c2ccccn2)c2cc3ccccc3o2)c2nc(C3CC3)[nH]c2c1. The van der Waals surface area contributed by atoms with Gasteiger partial charge in [-0.2, -0.15) is 0 Å². The number of fused-ring (bicyclic) bond motifs is 6. The topological polar surface area (TPSA) is 364 Å². The quantitative estimate of drug-likeness (QED) is 0.0329. The van der Waals surface area contributed by atoms with Gasteiger partial charge in [0.05, 0.1) is 89.5 Å². The lowest BCUT2D eigenvalue weighted by Crippen LogP contribution is -2.36. The number of imidazole rings is 4. The highest BCUT2D eigenvalue weighted by Crippen LogP contribution is 2.54. The molecule has 0 aliphatic heterocycles. The Labute approximate surface area is 800 Å². The highest BCUT2D eigenvalue weighted by Gasteiger charge is 2.48. The molecule has 5 aliphatic rings. The largest absolute Gasteiger partial charge is 0.457 e. The minimum atomic E-state index is -1.69. The van der Waals surface area contributed by atoms with Crippen LogP contribution in [0.15, 0.2) is 266 Å². The molecule has 5 fully saturated rings. The lowest BCUT2D eigenvalue weighted by atomic mass is 9.76. The molecular weight excluding hydrogens is 1740 g/mol. The van der Waals surface area contributed by atoms with Gasteiger partial charge in [0, 0.05) is 104 Å². The van der Waals surface area contributed by atoms with Gasteiger partial charge in [-0.25, -0.2) is 19.9 Å². The molecule has 13 heterocycles. The summed E-state index contributed by atoms with van der Waals surface area (Å²) in [6, 6.07) is 70.7. The number of aryl methyl sites for hydroxylation is 9. The third-order valence-corrected chi connectivity index (χ3v) is 28.6. The van der Waals surface area contributed by atoms with Crippen molar-refractivity contribution in [3.63, 3.8) is 0 Å². The fraction of sp³-hybridized carbons (Fsp3) is 0.263. The molecule has 26 rings (SSSR count). The first-order chi connectivity index (χ1) is 67.5. The zero-order chi connectivity index (χ0) is 94.9.